The molecule has 0 unspecified atom stereocenters. The van der Waals surface area contributed by atoms with Gasteiger partial charge in [0.2, 0.25) is 0 Å². The Hall–Kier alpha value is -1.26. The van der Waals surface area contributed by atoms with E-state index in [9.17, 15) is 0 Å². The molecule has 1 aliphatic rings. The molecule has 0 N–H and O–H groups in total. The van der Waals surface area contributed by atoms with E-state index in [4.69, 9.17) is 9.30 Å². The molecule has 5 rings (SSSR count). The fourth-order valence-corrected chi connectivity index (χ4v) is 6.06. The van der Waals surface area contributed by atoms with Gasteiger partial charge in [0.05, 0.1) is 0 Å². The second-order valence-electron chi connectivity index (χ2n) is 7.97. The van der Waals surface area contributed by atoms with Crippen LogP contribution in [0.25, 0.3) is 0 Å². The Bertz CT molecular complexity index is 1140. The van der Waals surface area contributed by atoms with Crippen molar-refractivity contribution in [2.75, 3.05) is 0 Å². The van der Waals surface area contributed by atoms with E-state index < -0.39 is 7.92 Å². The van der Waals surface area contributed by atoms with Crippen molar-refractivity contribution in [2.45, 2.75) is 13.1 Å². The predicted octanol–water partition coefficient (Wildman–Crippen LogP) is 8.06. The fraction of sp³-hybridized carbons (Fsp3) is 0.0588. The van der Waals surface area contributed by atoms with Crippen molar-refractivity contribution in [1.29, 1.82) is 0 Å². The van der Waals surface area contributed by atoms with E-state index in [0.29, 0.717) is 0 Å². The molecule has 40 heavy (non-hydrogen) atoms. The first-order valence-electron chi connectivity index (χ1n) is 11.9. The summed E-state index contributed by atoms with van der Waals surface area (Å²) in [4.78, 5) is 0. The molecule has 0 bridgehead atoms. The standard InChI is InChI=1S/C27H24P.C5H5.2CO.HI.Mo.Pd/c1-22-16-18-23(19-17-22)20-24-10-8-9-11-25(24)21-28(26-12-4-2-5-13-26)27-14-6-3-7-15-27;1-2-4-5-3-1;2*1-2;;;/h2-20H,21H2,1H3;1-5H;;;1H;;/q-1;;;;;;+2/p-1. The zero-order valence-corrected chi connectivity index (χ0v) is 28.5. The number of rotatable bonds is 6. The van der Waals surface area contributed by atoms with Crippen LogP contribution in [0.4, 0.5) is 0 Å². The summed E-state index contributed by atoms with van der Waals surface area (Å²) in [6, 6.07) is 39.4. The molecule has 1 aliphatic carbocycles. The summed E-state index contributed by atoms with van der Waals surface area (Å²) < 4.78 is 15.0. The summed E-state index contributed by atoms with van der Waals surface area (Å²) in [6.45, 7) is 11.1. The number of hydrogen-bond acceptors (Lipinski definition) is 0. The average Bonchev–Trinajstić information content (AvgIpc) is 3.62. The van der Waals surface area contributed by atoms with Gasteiger partial charge in [0.25, 0.3) is 0 Å². The Kier molecular flexibility index (Phi) is 24.6. The topological polar surface area (TPSA) is 39.8 Å². The van der Waals surface area contributed by atoms with E-state index in [1.807, 2.05) is 51.6 Å². The number of hydrogen-bond donors (Lipinski definition) is 0. The first-order chi connectivity index (χ1) is 19.3. The van der Waals surface area contributed by atoms with Crippen LogP contribution in [0.3, 0.4) is 0 Å². The van der Waals surface area contributed by atoms with Crippen LogP contribution in [-0.4, -0.2) is 0 Å². The second kappa shape index (κ2) is 25.5. The van der Waals surface area contributed by atoms with E-state index in [-0.39, 0.29) is 21.1 Å². The Balaban J connectivity index is 0.00000109. The van der Waals surface area contributed by atoms with Crippen molar-refractivity contribution < 1.29 is 46.0 Å². The molecule has 6 heteroatoms. The molecule has 2 nitrogen and oxygen atoms in total. The van der Waals surface area contributed by atoms with Crippen LogP contribution in [-0.2, 0) is 52.1 Å². The molecule has 0 amide bonds. The van der Waals surface area contributed by atoms with Crippen LogP contribution >= 0.6 is 27.4 Å². The Morgan fingerprint density at radius 1 is 0.625 bits per heavy atom. The third kappa shape index (κ3) is 14.6. The van der Waals surface area contributed by atoms with Crippen LogP contribution in [0.15, 0.2) is 109 Å². The van der Waals surface area contributed by atoms with Gasteiger partial charge in [-0.05, 0) is 63.7 Å². The third-order valence-electron chi connectivity index (χ3n) is 5.47. The molecule has 1 fully saturated rings. The zero-order chi connectivity index (χ0) is 28.7. The van der Waals surface area contributed by atoms with E-state index in [0.717, 1.165) is 6.16 Å². The number of halogens is 1. The molecule has 0 aromatic heterocycles. The van der Waals surface area contributed by atoms with Gasteiger partial charge < -0.3 is 0 Å². The van der Waals surface area contributed by atoms with Crippen molar-refractivity contribution in [3.05, 3.63) is 183 Å². The summed E-state index contributed by atoms with van der Waals surface area (Å²) >= 11 is 4.72. The molecule has 4 aromatic carbocycles. The quantitative estimate of drug-likeness (QED) is 0.0621. The Labute approximate surface area is 278 Å². The van der Waals surface area contributed by atoms with Crippen molar-refractivity contribution in [1.82, 2.24) is 0 Å². The van der Waals surface area contributed by atoms with Crippen LogP contribution in [0.2, 0.25) is 0 Å². The SMILES string of the molecule is Cc1ccc([CH-]c2ccccc2CP(c2ccccc2)c2ccccc2)cc1.[C-]#[O+].[C-]#[O+].[CH]1[CH][CH][CH][CH]1.[Mo].[Pd+][I]. The maximum absolute atomic E-state index is 7.50. The van der Waals surface area contributed by atoms with E-state index in [1.165, 1.54) is 32.9 Å². The minimum absolute atomic E-state index is 0. The summed E-state index contributed by atoms with van der Waals surface area (Å²) in [6.07, 6.45) is 13.3. The van der Waals surface area contributed by atoms with E-state index in [2.05, 4.69) is 151 Å². The van der Waals surface area contributed by atoms with Gasteiger partial charge in [-0.1, -0.05) is 102 Å². The van der Waals surface area contributed by atoms with E-state index >= 15 is 0 Å². The minimum atomic E-state index is -0.443. The zero-order valence-electron chi connectivity index (χ0n) is 21.9. The van der Waals surface area contributed by atoms with Crippen molar-refractivity contribution >= 4 is 38.0 Å². The van der Waals surface area contributed by atoms with Gasteiger partial charge >= 0.3 is 57.7 Å². The molecular weight excluding hydrogens is 801 g/mol. The summed E-state index contributed by atoms with van der Waals surface area (Å²) in [5.41, 5.74) is 5.26. The summed E-state index contributed by atoms with van der Waals surface area (Å²) in [5, 5.41) is 2.85. The molecule has 4 aromatic rings. The number of aryl methyl sites for hydroxylation is 1. The first-order valence-corrected chi connectivity index (χ1v) is 18.0. The van der Waals surface area contributed by atoms with Crippen molar-refractivity contribution in [3.8, 4) is 0 Å². The Morgan fingerprint density at radius 3 is 1.48 bits per heavy atom. The molecule has 1 saturated carbocycles. The molecule has 5 radical (unpaired) electrons. The first kappa shape index (κ1) is 38.7. The average molecular weight is 830 g/mol. The van der Waals surface area contributed by atoms with Crippen LogP contribution in [0, 0.1) is 58.7 Å². The third-order valence-corrected chi connectivity index (χ3v) is 7.97. The van der Waals surface area contributed by atoms with Gasteiger partial charge in [0.15, 0.2) is 0 Å². The van der Waals surface area contributed by atoms with Crippen LogP contribution in [0.1, 0.15) is 22.3 Å². The van der Waals surface area contributed by atoms with Gasteiger partial charge in [-0.3, -0.25) is 0 Å². The predicted molar refractivity (Wildman–Crippen MR) is 166 cm³/mol. The van der Waals surface area contributed by atoms with Gasteiger partial charge in [-0.2, -0.15) is 0 Å². The van der Waals surface area contributed by atoms with Crippen molar-refractivity contribution in [2.24, 2.45) is 0 Å². The van der Waals surface area contributed by atoms with Gasteiger partial charge in [-0.15, -0.1) is 35.7 Å². The Morgan fingerprint density at radius 2 is 1.02 bits per heavy atom. The second-order valence-corrected chi connectivity index (χ2v) is 10.2. The molecule has 0 aliphatic heterocycles. The monoisotopic (exact) mass is 831 g/mol. The maximum atomic E-state index is 7.50. The van der Waals surface area contributed by atoms with Crippen LogP contribution in [0.5, 0.6) is 0 Å². The number of benzene rings is 4. The fourth-order valence-electron chi connectivity index (χ4n) is 3.70. The summed E-state index contributed by atoms with van der Waals surface area (Å²) in [7, 11) is -0.443. The summed E-state index contributed by atoms with van der Waals surface area (Å²) in [5.74, 6) is 0. The van der Waals surface area contributed by atoms with Gasteiger partial charge in [0.1, 0.15) is 0 Å². The molecule has 0 saturated heterocycles. The van der Waals surface area contributed by atoms with Gasteiger partial charge in [0, 0.05) is 21.1 Å². The van der Waals surface area contributed by atoms with Crippen molar-refractivity contribution in [3.63, 3.8) is 0 Å². The normalized spacial score (nSPS) is 10.8. The molecular formula is C34H29IMoO2PPd. The van der Waals surface area contributed by atoms with Crippen LogP contribution < -0.4 is 10.6 Å². The molecule has 0 atom stereocenters. The molecule has 0 spiro atoms. The van der Waals surface area contributed by atoms with E-state index in [1.54, 1.807) is 0 Å². The molecule has 205 valence electrons. The molecule has 0 heterocycles. The van der Waals surface area contributed by atoms with Gasteiger partial charge in [-0.25, -0.2) is 0 Å².